The lowest BCUT2D eigenvalue weighted by molar-refractivity contribution is 0.321. The van der Waals surface area contributed by atoms with Crippen molar-refractivity contribution in [3.63, 3.8) is 0 Å². The lowest BCUT2D eigenvalue weighted by Crippen LogP contribution is -2.35. The second-order valence-electron chi connectivity index (χ2n) is 14.8. The Kier molecular flexibility index (Phi) is 20.6. The van der Waals surface area contributed by atoms with Crippen molar-refractivity contribution in [2.75, 3.05) is 0 Å². The van der Waals surface area contributed by atoms with Crippen LogP contribution < -0.4 is 0 Å². The molecule has 0 aliphatic heterocycles. The van der Waals surface area contributed by atoms with Crippen LogP contribution in [0.1, 0.15) is 191 Å². The Morgan fingerprint density at radius 3 is 1.51 bits per heavy atom. The van der Waals surface area contributed by atoms with E-state index in [0.717, 1.165) is 13.0 Å². The topological polar surface area (TPSA) is 17.8 Å². The van der Waals surface area contributed by atoms with E-state index >= 15 is 0 Å². The van der Waals surface area contributed by atoms with E-state index in [1.54, 1.807) is 0 Å². The maximum absolute atomic E-state index is 5.14. The minimum Gasteiger partial charge on any atom is -0.335 e. The molecule has 3 aromatic rings. The van der Waals surface area contributed by atoms with Gasteiger partial charge < -0.3 is 4.57 Å². The third-order valence-electron chi connectivity index (χ3n) is 10.8. The number of rotatable bonds is 29. The first kappa shape index (κ1) is 39.1. The molecular formula is C45H72N2. The minimum absolute atomic E-state index is 0.0259. The molecule has 0 aliphatic carbocycles. The summed E-state index contributed by atoms with van der Waals surface area (Å²) in [5, 5.41) is 0. The molecule has 0 amide bonds. The monoisotopic (exact) mass is 641 g/mol. The summed E-state index contributed by atoms with van der Waals surface area (Å²) in [6, 6.07) is 22.5. The van der Waals surface area contributed by atoms with Crippen molar-refractivity contribution >= 4 is 0 Å². The van der Waals surface area contributed by atoms with Gasteiger partial charge >= 0.3 is 0 Å². The first-order valence-electron chi connectivity index (χ1n) is 20.3. The summed E-state index contributed by atoms with van der Waals surface area (Å²) in [7, 11) is 0. The molecule has 262 valence electrons. The Bertz CT molecular complexity index is 1120. The van der Waals surface area contributed by atoms with Gasteiger partial charge in [0.05, 0.1) is 0 Å². The summed E-state index contributed by atoms with van der Waals surface area (Å²) in [6.45, 7) is 8.23. The Morgan fingerprint density at radius 1 is 0.553 bits per heavy atom. The molecule has 47 heavy (non-hydrogen) atoms. The molecule has 1 heterocycles. The first-order valence-corrected chi connectivity index (χ1v) is 20.3. The zero-order valence-electron chi connectivity index (χ0n) is 31.1. The van der Waals surface area contributed by atoms with E-state index in [9.17, 15) is 0 Å². The van der Waals surface area contributed by atoms with Gasteiger partial charge in [0.1, 0.15) is 5.82 Å². The molecule has 0 saturated heterocycles. The van der Waals surface area contributed by atoms with Gasteiger partial charge in [-0.15, -0.1) is 0 Å². The van der Waals surface area contributed by atoms with E-state index in [4.69, 9.17) is 4.98 Å². The van der Waals surface area contributed by atoms with Gasteiger partial charge in [0.25, 0.3) is 0 Å². The van der Waals surface area contributed by atoms with Crippen LogP contribution in [0.4, 0.5) is 0 Å². The van der Waals surface area contributed by atoms with E-state index in [1.165, 1.54) is 165 Å². The lowest BCUT2D eigenvalue weighted by atomic mass is 9.66. The summed E-state index contributed by atoms with van der Waals surface area (Å²) < 4.78 is 2.52. The minimum atomic E-state index is -0.0259. The third-order valence-corrected chi connectivity index (χ3v) is 10.8. The van der Waals surface area contributed by atoms with Crippen molar-refractivity contribution in [2.24, 2.45) is 0 Å². The number of nitrogens with zero attached hydrogens (tertiary/aromatic N) is 2. The van der Waals surface area contributed by atoms with E-state index < -0.39 is 0 Å². The number of benzene rings is 2. The second kappa shape index (κ2) is 24.7. The highest BCUT2D eigenvalue weighted by Crippen LogP contribution is 2.44. The van der Waals surface area contributed by atoms with E-state index in [1.807, 2.05) is 0 Å². The fourth-order valence-corrected chi connectivity index (χ4v) is 7.78. The fourth-order valence-electron chi connectivity index (χ4n) is 7.78. The zero-order chi connectivity index (χ0) is 33.3. The van der Waals surface area contributed by atoms with Crippen LogP contribution in [0.3, 0.4) is 0 Å². The molecule has 0 N–H and O–H groups in total. The standard InChI is InChI=1S/C45H72N2/c1-4-6-8-10-12-13-14-15-16-17-18-19-20-22-30-36-43(44-46-37-39-47(44)38-31-23-21-11-9-7-5-2)45(3,42-34-28-25-29-35-42)40-41-32-26-24-27-33-41/h24-29,32-35,37,39,43H,4-23,30-31,36,38,40H2,1-3H3. The van der Waals surface area contributed by atoms with Crippen LogP contribution in [0.25, 0.3) is 0 Å². The number of aryl methyl sites for hydroxylation is 1. The molecule has 2 nitrogen and oxygen atoms in total. The normalized spacial score (nSPS) is 13.5. The average molecular weight is 641 g/mol. The van der Waals surface area contributed by atoms with Gasteiger partial charge in [-0.2, -0.15) is 0 Å². The van der Waals surface area contributed by atoms with E-state index in [0.29, 0.717) is 5.92 Å². The number of aromatic nitrogens is 2. The molecule has 0 radical (unpaired) electrons. The quantitative estimate of drug-likeness (QED) is 0.0690. The highest BCUT2D eigenvalue weighted by atomic mass is 15.1. The number of hydrogen-bond acceptors (Lipinski definition) is 1. The Morgan fingerprint density at radius 2 is 1.00 bits per heavy atom. The highest BCUT2D eigenvalue weighted by molar-refractivity contribution is 5.33. The molecule has 2 atom stereocenters. The molecule has 0 spiro atoms. The number of unbranched alkanes of at least 4 members (excludes halogenated alkanes) is 20. The highest BCUT2D eigenvalue weighted by Gasteiger charge is 2.39. The first-order chi connectivity index (χ1) is 23.2. The number of hydrogen-bond donors (Lipinski definition) is 0. The third kappa shape index (κ3) is 15.2. The zero-order valence-corrected chi connectivity index (χ0v) is 31.1. The predicted octanol–water partition coefficient (Wildman–Crippen LogP) is 14.2. The van der Waals surface area contributed by atoms with Crippen molar-refractivity contribution < 1.29 is 0 Å². The van der Waals surface area contributed by atoms with Gasteiger partial charge in [-0.1, -0.05) is 216 Å². The van der Waals surface area contributed by atoms with Crippen molar-refractivity contribution in [1.82, 2.24) is 9.55 Å². The molecule has 1 aromatic heterocycles. The second-order valence-corrected chi connectivity index (χ2v) is 14.8. The Hall–Kier alpha value is -2.35. The van der Waals surface area contributed by atoms with Gasteiger partial charge in [-0.3, -0.25) is 0 Å². The van der Waals surface area contributed by atoms with Crippen molar-refractivity contribution in [1.29, 1.82) is 0 Å². The Balaban J connectivity index is 1.57. The maximum atomic E-state index is 5.14. The Labute approximate surface area is 291 Å². The largest absolute Gasteiger partial charge is 0.335 e. The van der Waals surface area contributed by atoms with Crippen LogP contribution in [0, 0.1) is 0 Å². The smallest absolute Gasteiger partial charge is 0.112 e. The van der Waals surface area contributed by atoms with Gasteiger partial charge in [0, 0.05) is 30.3 Å². The molecule has 2 aromatic carbocycles. The molecular weight excluding hydrogens is 569 g/mol. The predicted molar refractivity (Wildman–Crippen MR) is 206 cm³/mol. The summed E-state index contributed by atoms with van der Waals surface area (Å²) >= 11 is 0. The molecule has 0 fully saturated rings. The molecule has 3 rings (SSSR count). The summed E-state index contributed by atoms with van der Waals surface area (Å²) in [4.78, 5) is 5.14. The van der Waals surface area contributed by atoms with Gasteiger partial charge in [0.15, 0.2) is 0 Å². The van der Waals surface area contributed by atoms with Crippen LogP contribution >= 0.6 is 0 Å². The maximum Gasteiger partial charge on any atom is 0.112 e. The van der Waals surface area contributed by atoms with Gasteiger partial charge in [-0.05, 0) is 30.4 Å². The van der Waals surface area contributed by atoms with Crippen LogP contribution in [-0.4, -0.2) is 9.55 Å². The van der Waals surface area contributed by atoms with Crippen molar-refractivity contribution in [2.45, 2.75) is 193 Å². The van der Waals surface area contributed by atoms with Crippen LogP contribution in [0.2, 0.25) is 0 Å². The molecule has 2 heteroatoms. The van der Waals surface area contributed by atoms with Gasteiger partial charge in [0.2, 0.25) is 0 Å². The van der Waals surface area contributed by atoms with E-state index in [-0.39, 0.29) is 5.41 Å². The average Bonchev–Trinajstić information content (AvgIpc) is 3.56. The van der Waals surface area contributed by atoms with Crippen molar-refractivity contribution in [3.8, 4) is 0 Å². The summed E-state index contributed by atoms with van der Waals surface area (Å²) in [5.74, 6) is 1.69. The molecule has 0 aliphatic rings. The molecule has 0 bridgehead atoms. The van der Waals surface area contributed by atoms with E-state index in [2.05, 4.69) is 98.4 Å². The summed E-state index contributed by atoms with van der Waals surface area (Å²) in [6.07, 6.45) is 37.1. The SMILES string of the molecule is CCCCCCCCCCCCCCCCCC(c1nccn1CCCCCCCCC)C(C)(Cc1ccccc1)c1ccccc1. The lowest BCUT2D eigenvalue weighted by Gasteiger charge is -2.39. The van der Waals surface area contributed by atoms with Crippen LogP contribution in [0.5, 0.6) is 0 Å². The van der Waals surface area contributed by atoms with Gasteiger partial charge in [-0.25, -0.2) is 4.98 Å². The van der Waals surface area contributed by atoms with Crippen LogP contribution in [-0.2, 0) is 18.4 Å². The van der Waals surface area contributed by atoms with Crippen molar-refractivity contribution in [3.05, 3.63) is 90.0 Å². The fraction of sp³-hybridized carbons (Fsp3) is 0.667. The molecule has 2 unspecified atom stereocenters. The molecule has 0 saturated carbocycles. The number of imidazole rings is 1. The van der Waals surface area contributed by atoms with Crippen LogP contribution in [0.15, 0.2) is 73.1 Å². The summed E-state index contributed by atoms with van der Waals surface area (Å²) in [5.41, 5.74) is 2.84.